The highest BCUT2D eigenvalue weighted by molar-refractivity contribution is 6.42. The van der Waals surface area contributed by atoms with Crippen LogP contribution in [0, 0.1) is 0 Å². The smallest absolute Gasteiger partial charge is 0.397 e. The minimum atomic E-state index is -4.77. The van der Waals surface area contributed by atoms with Crippen LogP contribution in [0.2, 0.25) is 10.0 Å². The third kappa shape index (κ3) is 7.51. The first-order valence-electron chi connectivity index (χ1n) is 10.6. The van der Waals surface area contributed by atoms with E-state index in [4.69, 9.17) is 27.9 Å². The Morgan fingerprint density at radius 1 is 1.11 bits per heavy atom. The molecule has 2 aromatic rings. The van der Waals surface area contributed by atoms with Gasteiger partial charge in [0.05, 0.1) is 22.7 Å². The van der Waals surface area contributed by atoms with Gasteiger partial charge in [0.25, 0.3) is 0 Å². The Balaban J connectivity index is 2.69. The van der Waals surface area contributed by atoms with Crippen molar-refractivity contribution in [2.75, 3.05) is 20.7 Å². The highest BCUT2D eigenvalue weighted by Gasteiger charge is 2.42. The average molecular weight is 548 g/mol. The number of carbonyl (C=O) groups is 3. The fourth-order valence-electron chi connectivity index (χ4n) is 3.91. The van der Waals surface area contributed by atoms with Crippen molar-refractivity contribution < 1.29 is 37.4 Å². The summed E-state index contributed by atoms with van der Waals surface area (Å²) in [6, 6.07) is 10.7. The lowest BCUT2D eigenvalue weighted by atomic mass is 9.82. The number of nitrogens with zero attached hydrogens (tertiary/aromatic N) is 2. The fraction of sp³-hybridized carbons (Fsp3) is 0.375. The molecule has 0 aromatic heterocycles. The van der Waals surface area contributed by atoms with Gasteiger partial charge >= 0.3 is 6.18 Å². The van der Waals surface area contributed by atoms with Crippen LogP contribution in [0.4, 0.5) is 18.0 Å². The summed E-state index contributed by atoms with van der Waals surface area (Å²) in [6.45, 7) is -0.814. The first-order chi connectivity index (χ1) is 16.8. The number of ether oxygens (including phenoxy) is 1. The number of likely N-dealkylation sites (N-methyl/N-ethyl adjacent to an activating group) is 1. The molecule has 0 bridgehead atoms. The van der Waals surface area contributed by atoms with Crippen LogP contribution in [0.1, 0.15) is 30.4 Å². The molecule has 0 spiro atoms. The summed E-state index contributed by atoms with van der Waals surface area (Å²) in [4.78, 5) is 37.9. The summed E-state index contributed by atoms with van der Waals surface area (Å²) in [7, 11) is 2.56. The van der Waals surface area contributed by atoms with E-state index < -0.39 is 36.7 Å². The normalized spacial score (nSPS) is 13.0. The van der Waals surface area contributed by atoms with Crippen LogP contribution >= 0.6 is 23.2 Å². The van der Waals surface area contributed by atoms with E-state index in [1.54, 1.807) is 24.3 Å². The predicted molar refractivity (Wildman–Crippen MR) is 126 cm³/mol. The molecule has 0 aliphatic heterocycles. The number of aldehydes is 1. The Labute approximate surface area is 216 Å². The number of rotatable bonds is 11. The largest absolute Gasteiger partial charge is 0.530 e. The molecule has 0 saturated carbocycles. The molecule has 0 aliphatic carbocycles. The monoisotopic (exact) mass is 547 g/mol. The zero-order chi connectivity index (χ0) is 27.1. The number of halogens is 5. The Bertz CT molecular complexity index is 1100. The fourth-order valence-corrected chi connectivity index (χ4v) is 4.20. The average Bonchev–Trinajstić information content (AvgIpc) is 2.81. The van der Waals surface area contributed by atoms with E-state index in [0.29, 0.717) is 17.6 Å². The van der Waals surface area contributed by atoms with Gasteiger partial charge in [-0.05, 0) is 41.8 Å². The van der Waals surface area contributed by atoms with Gasteiger partial charge in [-0.3, -0.25) is 4.79 Å². The van der Waals surface area contributed by atoms with Gasteiger partial charge in [-0.2, -0.15) is 13.2 Å². The lowest BCUT2D eigenvalue weighted by molar-refractivity contribution is -0.274. The van der Waals surface area contributed by atoms with Crippen molar-refractivity contribution >= 4 is 41.5 Å². The molecule has 196 valence electrons. The van der Waals surface area contributed by atoms with Crippen molar-refractivity contribution in [2.24, 2.45) is 0 Å². The van der Waals surface area contributed by atoms with Gasteiger partial charge in [-0.1, -0.05) is 41.4 Å². The minimum absolute atomic E-state index is 0.0496. The van der Waals surface area contributed by atoms with Gasteiger partial charge in [-0.15, -0.1) is 0 Å². The summed E-state index contributed by atoms with van der Waals surface area (Å²) in [5.41, 5.74) is -1.02. The number of hydrogen-bond acceptors (Lipinski definition) is 5. The highest BCUT2D eigenvalue weighted by atomic mass is 35.5. The molecule has 36 heavy (non-hydrogen) atoms. The van der Waals surface area contributed by atoms with Gasteiger partial charge in [0.15, 0.2) is 0 Å². The first kappa shape index (κ1) is 29.3. The van der Waals surface area contributed by atoms with Crippen LogP contribution in [-0.2, 0) is 21.7 Å². The second kappa shape index (κ2) is 12.3. The van der Waals surface area contributed by atoms with Gasteiger partial charge in [0.2, 0.25) is 5.91 Å². The maximum Gasteiger partial charge on any atom is 0.397 e. The third-order valence-corrected chi connectivity index (χ3v) is 6.36. The van der Waals surface area contributed by atoms with Crippen molar-refractivity contribution in [1.29, 1.82) is 0 Å². The molecule has 0 radical (unpaired) electrons. The lowest BCUT2D eigenvalue weighted by Gasteiger charge is -2.48. The molecule has 12 heteroatoms. The van der Waals surface area contributed by atoms with Crippen molar-refractivity contribution in [3.63, 3.8) is 0 Å². The lowest BCUT2D eigenvalue weighted by Crippen LogP contribution is -2.59. The number of carbonyl (C=O) groups excluding carboxylic acids is 3. The summed E-state index contributed by atoms with van der Waals surface area (Å²) >= 11 is 12.2. The van der Waals surface area contributed by atoms with E-state index in [-0.39, 0.29) is 35.0 Å². The van der Waals surface area contributed by atoms with Gasteiger partial charge in [-0.25, -0.2) is 0 Å². The van der Waals surface area contributed by atoms with E-state index in [1.807, 2.05) is 0 Å². The quantitative estimate of drug-likeness (QED) is 0.388. The molecule has 0 saturated heterocycles. The summed E-state index contributed by atoms with van der Waals surface area (Å²) < 4.78 is 43.9. The standard InChI is InChI=1S/C24H25Cl2F3N2O5/c1-30(21(33)13-24(27,28)29)15-23(9-4-10-32,17-7-8-19(25)20(26)12-17)31(22(34)35)14-16-5-3-6-18(11-16)36-2/h3,5-8,10-12H,4,9,13-15H2,1-2H3,(H,34,35)/p-1/t23-/m1/s1. The number of benzene rings is 2. The van der Waals surface area contributed by atoms with Gasteiger partial charge in [0, 0.05) is 26.6 Å². The van der Waals surface area contributed by atoms with Crippen LogP contribution in [-0.4, -0.2) is 55.0 Å². The van der Waals surface area contributed by atoms with Crippen LogP contribution in [0.25, 0.3) is 0 Å². The van der Waals surface area contributed by atoms with Crippen molar-refractivity contribution in [3.8, 4) is 5.75 Å². The molecule has 0 fully saturated rings. The molecule has 0 unspecified atom stereocenters. The number of carboxylic acid groups (broad SMARTS) is 1. The topological polar surface area (TPSA) is 90.0 Å². The maximum atomic E-state index is 12.9. The SMILES string of the molecule is COc1cccc(CN(C(=O)[O-])[C@](CCC=O)(CN(C)C(=O)CC(F)(F)F)c2ccc(Cl)c(Cl)c2)c1. The second-order valence-electron chi connectivity index (χ2n) is 8.11. The second-order valence-corrected chi connectivity index (χ2v) is 8.93. The molecule has 2 amide bonds. The Morgan fingerprint density at radius 3 is 2.36 bits per heavy atom. The number of hydrogen-bond donors (Lipinski definition) is 0. The highest BCUT2D eigenvalue weighted by Crippen LogP contribution is 2.39. The molecular weight excluding hydrogens is 524 g/mol. The van der Waals surface area contributed by atoms with E-state index in [1.165, 1.54) is 25.3 Å². The Kier molecular flexibility index (Phi) is 10.0. The van der Waals surface area contributed by atoms with E-state index in [2.05, 4.69) is 0 Å². The predicted octanol–water partition coefficient (Wildman–Crippen LogP) is 4.43. The molecular formula is C24H24Cl2F3N2O5-. The Hall–Kier alpha value is -2.98. The summed E-state index contributed by atoms with van der Waals surface area (Å²) in [5.74, 6) is -0.839. The zero-order valence-electron chi connectivity index (χ0n) is 19.5. The number of alkyl halides is 3. The molecule has 2 aromatic carbocycles. The number of methoxy groups -OCH3 is 1. The van der Waals surface area contributed by atoms with Crippen LogP contribution in [0.3, 0.4) is 0 Å². The van der Waals surface area contributed by atoms with E-state index in [9.17, 15) is 32.7 Å². The first-order valence-corrected chi connectivity index (χ1v) is 11.4. The van der Waals surface area contributed by atoms with Crippen molar-refractivity contribution in [3.05, 3.63) is 63.6 Å². The molecule has 0 N–H and O–H groups in total. The summed E-state index contributed by atoms with van der Waals surface area (Å²) in [5, 5.41) is 12.7. The van der Waals surface area contributed by atoms with E-state index in [0.717, 1.165) is 16.8 Å². The van der Waals surface area contributed by atoms with Crippen LogP contribution in [0.15, 0.2) is 42.5 Å². The van der Waals surface area contributed by atoms with Gasteiger partial charge in [0.1, 0.15) is 24.5 Å². The summed E-state index contributed by atoms with van der Waals surface area (Å²) in [6.07, 6.45) is -8.00. The van der Waals surface area contributed by atoms with Crippen LogP contribution < -0.4 is 9.84 Å². The van der Waals surface area contributed by atoms with Gasteiger partial charge < -0.3 is 29.2 Å². The van der Waals surface area contributed by atoms with Crippen molar-refractivity contribution in [1.82, 2.24) is 9.80 Å². The minimum Gasteiger partial charge on any atom is -0.530 e. The Morgan fingerprint density at radius 2 is 1.81 bits per heavy atom. The zero-order valence-corrected chi connectivity index (χ0v) is 21.0. The maximum absolute atomic E-state index is 12.9. The van der Waals surface area contributed by atoms with Crippen molar-refractivity contribution in [2.45, 2.75) is 37.5 Å². The molecule has 7 nitrogen and oxygen atoms in total. The molecule has 0 heterocycles. The van der Waals surface area contributed by atoms with E-state index >= 15 is 0 Å². The van der Waals surface area contributed by atoms with Crippen LogP contribution in [0.5, 0.6) is 5.75 Å². The molecule has 1 atom stereocenters. The number of amides is 2. The third-order valence-electron chi connectivity index (χ3n) is 5.62. The molecule has 2 rings (SSSR count). The molecule has 0 aliphatic rings.